The third-order valence-electron chi connectivity index (χ3n) is 3.94. The summed E-state index contributed by atoms with van der Waals surface area (Å²) in [5, 5.41) is 2.93. The van der Waals surface area contributed by atoms with Gasteiger partial charge in [-0.05, 0) is 25.1 Å². The van der Waals surface area contributed by atoms with E-state index in [9.17, 15) is 4.79 Å². The van der Waals surface area contributed by atoms with Gasteiger partial charge in [-0.25, -0.2) is 14.8 Å². The molecule has 2 aromatic rings. The lowest BCUT2D eigenvalue weighted by atomic mass is 10.2. The summed E-state index contributed by atoms with van der Waals surface area (Å²) in [5.74, 6) is 0.716. The van der Waals surface area contributed by atoms with Crippen LogP contribution < -0.4 is 10.2 Å². The Morgan fingerprint density at radius 2 is 1.87 bits per heavy atom. The van der Waals surface area contributed by atoms with Gasteiger partial charge in [-0.1, -0.05) is 18.2 Å². The van der Waals surface area contributed by atoms with E-state index in [2.05, 4.69) is 32.3 Å². The molecule has 0 bridgehead atoms. The molecule has 120 valence electrons. The molecule has 6 heteroatoms. The largest absolute Gasteiger partial charge is 0.368 e. The van der Waals surface area contributed by atoms with Crippen LogP contribution in [-0.2, 0) is 6.54 Å². The molecule has 1 fully saturated rings. The van der Waals surface area contributed by atoms with E-state index in [0.29, 0.717) is 12.4 Å². The molecule has 0 radical (unpaired) electrons. The molecular formula is C17H21N5O. The maximum Gasteiger partial charge on any atom is 0.317 e. The Kier molecular flexibility index (Phi) is 4.71. The molecule has 0 saturated carbocycles. The standard InChI is InChI=1S/C17H21N5O/c1-14-18-8-7-15(20-14)13-19-17(23)22-11-9-21(10-12-22)16-5-3-2-4-6-16/h2-8H,9-13H2,1H3,(H,19,23). The number of nitrogens with one attached hydrogen (secondary N) is 1. The number of para-hydroxylation sites is 1. The van der Waals surface area contributed by atoms with Gasteiger partial charge in [0.1, 0.15) is 5.82 Å². The van der Waals surface area contributed by atoms with Crippen LogP contribution >= 0.6 is 0 Å². The minimum Gasteiger partial charge on any atom is -0.368 e. The van der Waals surface area contributed by atoms with E-state index >= 15 is 0 Å². The average molecular weight is 311 g/mol. The number of rotatable bonds is 3. The number of hydrogen-bond acceptors (Lipinski definition) is 4. The fraction of sp³-hybridized carbons (Fsp3) is 0.353. The maximum absolute atomic E-state index is 12.3. The van der Waals surface area contributed by atoms with Gasteiger partial charge in [0.05, 0.1) is 12.2 Å². The number of hydrogen-bond donors (Lipinski definition) is 1. The van der Waals surface area contributed by atoms with Crippen LogP contribution in [0.15, 0.2) is 42.6 Å². The summed E-state index contributed by atoms with van der Waals surface area (Å²) in [4.78, 5) is 24.8. The van der Waals surface area contributed by atoms with Crippen LogP contribution in [-0.4, -0.2) is 47.1 Å². The molecule has 1 aromatic carbocycles. The Morgan fingerprint density at radius 3 is 2.57 bits per heavy atom. The molecule has 3 rings (SSSR count). The van der Waals surface area contributed by atoms with Crippen LogP contribution in [0.5, 0.6) is 0 Å². The van der Waals surface area contributed by atoms with E-state index < -0.39 is 0 Å². The second-order valence-corrected chi connectivity index (χ2v) is 5.56. The molecule has 0 unspecified atom stereocenters. The van der Waals surface area contributed by atoms with E-state index in [1.165, 1.54) is 5.69 Å². The first-order chi connectivity index (χ1) is 11.2. The molecular weight excluding hydrogens is 290 g/mol. The highest BCUT2D eigenvalue weighted by molar-refractivity contribution is 5.74. The average Bonchev–Trinajstić information content (AvgIpc) is 2.61. The van der Waals surface area contributed by atoms with Crippen molar-refractivity contribution >= 4 is 11.7 Å². The van der Waals surface area contributed by atoms with Crippen LogP contribution in [0.3, 0.4) is 0 Å². The van der Waals surface area contributed by atoms with Crippen LogP contribution in [0, 0.1) is 6.92 Å². The van der Waals surface area contributed by atoms with Gasteiger partial charge < -0.3 is 15.1 Å². The number of piperazine rings is 1. The van der Waals surface area contributed by atoms with Crippen molar-refractivity contribution in [2.45, 2.75) is 13.5 Å². The first kappa shape index (κ1) is 15.3. The molecule has 1 aliphatic rings. The topological polar surface area (TPSA) is 61.4 Å². The van der Waals surface area contributed by atoms with Crippen molar-refractivity contribution in [2.24, 2.45) is 0 Å². The Morgan fingerprint density at radius 1 is 1.13 bits per heavy atom. The number of urea groups is 1. The van der Waals surface area contributed by atoms with E-state index in [1.807, 2.05) is 36.1 Å². The van der Waals surface area contributed by atoms with Gasteiger partial charge in [-0.2, -0.15) is 0 Å². The predicted octanol–water partition coefficient (Wildman–Crippen LogP) is 1.82. The summed E-state index contributed by atoms with van der Waals surface area (Å²) in [6, 6.07) is 12.1. The monoisotopic (exact) mass is 311 g/mol. The number of carbonyl (C=O) groups is 1. The second kappa shape index (κ2) is 7.09. The molecule has 1 N–H and O–H groups in total. The fourth-order valence-corrected chi connectivity index (χ4v) is 2.69. The number of aromatic nitrogens is 2. The number of carbonyl (C=O) groups excluding carboxylic acids is 1. The van der Waals surface area contributed by atoms with E-state index in [0.717, 1.165) is 31.9 Å². The minimum atomic E-state index is -0.0334. The third kappa shape index (κ3) is 3.97. The normalized spacial score (nSPS) is 14.7. The Balaban J connectivity index is 1.48. The number of amides is 2. The number of aryl methyl sites for hydroxylation is 1. The number of nitrogens with zero attached hydrogens (tertiary/aromatic N) is 4. The lowest BCUT2D eigenvalue weighted by Gasteiger charge is -2.36. The van der Waals surface area contributed by atoms with Crippen molar-refractivity contribution in [3.05, 3.63) is 54.1 Å². The number of anilines is 1. The zero-order valence-electron chi connectivity index (χ0n) is 13.3. The predicted molar refractivity (Wildman–Crippen MR) is 89.2 cm³/mol. The van der Waals surface area contributed by atoms with E-state index in [4.69, 9.17) is 0 Å². The smallest absolute Gasteiger partial charge is 0.317 e. The first-order valence-corrected chi connectivity index (χ1v) is 7.84. The summed E-state index contributed by atoms with van der Waals surface area (Å²) in [6.07, 6.45) is 1.71. The van der Waals surface area contributed by atoms with Gasteiger partial charge in [0.2, 0.25) is 0 Å². The van der Waals surface area contributed by atoms with Gasteiger partial charge in [-0.3, -0.25) is 0 Å². The number of benzene rings is 1. The molecule has 0 atom stereocenters. The van der Waals surface area contributed by atoms with Crippen LogP contribution in [0.2, 0.25) is 0 Å². The first-order valence-electron chi connectivity index (χ1n) is 7.84. The summed E-state index contributed by atoms with van der Waals surface area (Å²) in [7, 11) is 0. The molecule has 23 heavy (non-hydrogen) atoms. The maximum atomic E-state index is 12.3. The molecule has 1 aliphatic heterocycles. The molecule has 0 spiro atoms. The minimum absolute atomic E-state index is 0.0334. The Labute approximate surface area is 136 Å². The van der Waals surface area contributed by atoms with Gasteiger partial charge in [-0.15, -0.1) is 0 Å². The Hall–Kier alpha value is -2.63. The van der Waals surface area contributed by atoms with Gasteiger partial charge in [0, 0.05) is 38.1 Å². The summed E-state index contributed by atoms with van der Waals surface area (Å²) >= 11 is 0. The molecule has 1 saturated heterocycles. The van der Waals surface area contributed by atoms with Crippen molar-refractivity contribution < 1.29 is 4.79 Å². The molecule has 1 aromatic heterocycles. The lowest BCUT2D eigenvalue weighted by molar-refractivity contribution is 0.194. The van der Waals surface area contributed by atoms with Crippen molar-refractivity contribution in [3.63, 3.8) is 0 Å². The summed E-state index contributed by atoms with van der Waals surface area (Å²) < 4.78 is 0. The molecule has 6 nitrogen and oxygen atoms in total. The molecule has 0 aliphatic carbocycles. The molecule has 2 amide bonds. The second-order valence-electron chi connectivity index (χ2n) is 5.56. The Bertz CT molecular complexity index is 653. The zero-order chi connectivity index (χ0) is 16.1. The van der Waals surface area contributed by atoms with E-state index in [1.54, 1.807) is 6.20 Å². The molecule has 2 heterocycles. The quantitative estimate of drug-likeness (QED) is 0.939. The highest BCUT2D eigenvalue weighted by Gasteiger charge is 2.20. The van der Waals surface area contributed by atoms with Gasteiger partial charge in [0.15, 0.2) is 0 Å². The van der Waals surface area contributed by atoms with Crippen LogP contribution in [0.1, 0.15) is 11.5 Å². The summed E-state index contributed by atoms with van der Waals surface area (Å²) in [5.41, 5.74) is 2.04. The summed E-state index contributed by atoms with van der Waals surface area (Å²) in [6.45, 7) is 5.43. The van der Waals surface area contributed by atoms with Crippen molar-refractivity contribution in [3.8, 4) is 0 Å². The SMILES string of the molecule is Cc1nccc(CNC(=O)N2CCN(c3ccccc3)CC2)n1. The highest BCUT2D eigenvalue weighted by Crippen LogP contribution is 2.15. The highest BCUT2D eigenvalue weighted by atomic mass is 16.2. The van der Waals surface area contributed by atoms with Crippen molar-refractivity contribution in [1.29, 1.82) is 0 Å². The van der Waals surface area contributed by atoms with Crippen LogP contribution in [0.25, 0.3) is 0 Å². The van der Waals surface area contributed by atoms with Crippen LogP contribution in [0.4, 0.5) is 10.5 Å². The van der Waals surface area contributed by atoms with Crippen molar-refractivity contribution in [1.82, 2.24) is 20.2 Å². The van der Waals surface area contributed by atoms with Crippen molar-refractivity contribution in [2.75, 3.05) is 31.1 Å². The fourth-order valence-electron chi connectivity index (χ4n) is 2.69. The van der Waals surface area contributed by atoms with E-state index in [-0.39, 0.29) is 6.03 Å². The van der Waals surface area contributed by atoms with Gasteiger partial charge >= 0.3 is 6.03 Å². The zero-order valence-corrected chi connectivity index (χ0v) is 13.3. The lowest BCUT2D eigenvalue weighted by Crippen LogP contribution is -2.51. The third-order valence-corrected chi connectivity index (χ3v) is 3.94. The van der Waals surface area contributed by atoms with Gasteiger partial charge in [0.25, 0.3) is 0 Å².